The monoisotopic (exact) mass is 555 g/mol. The lowest BCUT2D eigenvalue weighted by molar-refractivity contribution is -0.115. The number of likely N-dealkylation sites (N-methyl/N-ethyl adjacent to an activating group) is 1. The van der Waals surface area contributed by atoms with Gasteiger partial charge >= 0.3 is 0 Å². The van der Waals surface area contributed by atoms with Crippen LogP contribution in [0.25, 0.3) is 28.3 Å². The number of benzene rings is 1. The maximum Gasteiger partial charge on any atom is 0.256 e. The molecule has 0 radical (unpaired) electrons. The molecule has 4 aromatic rings. The lowest BCUT2D eigenvalue weighted by atomic mass is 10.1. The molecule has 1 saturated heterocycles. The van der Waals surface area contributed by atoms with Crippen LogP contribution in [0.1, 0.15) is 36.2 Å². The van der Waals surface area contributed by atoms with Crippen LogP contribution in [0.2, 0.25) is 0 Å². The highest BCUT2D eigenvalue weighted by Crippen LogP contribution is 2.37. The van der Waals surface area contributed by atoms with Gasteiger partial charge in [-0.15, -0.1) is 0 Å². The zero-order valence-electron chi connectivity index (χ0n) is 23.4. The molecule has 1 aromatic carbocycles. The molecule has 41 heavy (non-hydrogen) atoms. The van der Waals surface area contributed by atoms with Crippen molar-refractivity contribution in [2.45, 2.75) is 20.3 Å². The number of amides is 2. The lowest BCUT2D eigenvalue weighted by Crippen LogP contribution is -2.40. The van der Waals surface area contributed by atoms with Gasteiger partial charge < -0.3 is 24.5 Å². The number of carbonyl (C=O) groups is 2. The molecule has 2 N–H and O–H groups in total. The predicted octanol–water partition coefficient (Wildman–Crippen LogP) is 4.80. The number of ether oxygens (including phenoxy) is 2. The number of anilines is 2. The van der Waals surface area contributed by atoms with Crippen LogP contribution in [-0.4, -0.2) is 66.6 Å². The molecule has 3 aromatic heterocycles. The molecular formula is C31H33N5O5. The predicted molar refractivity (Wildman–Crippen MR) is 158 cm³/mol. The molecule has 5 rings (SSSR count). The van der Waals surface area contributed by atoms with E-state index >= 15 is 0 Å². The first-order chi connectivity index (χ1) is 19.9. The largest absolute Gasteiger partial charge is 0.493 e. The van der Waals surface area contributed by atoms with Crippen LogP contribution in [0.3, 0.4) is 0 Å². The van der Waals surface area contributed by atoms with Crippen LogP contribution in [-0.2, 0) is 9.53 Å². The smallest absolute Gasteiger partial charge is 0.256 e. The topological polar surface area (TPSA) is 124 Å². The summed E-state index contributed by atoms with van der Waals surface area (Å²) >= 11 is 0. The number of carbonyl (C=O) groups excluding carboxylic acids is 2. The van der Waals surface area contributed by atoms with Crippen molar-refractivity contribution in [3.05, 3.63) is 71.6 Å². The van der Waals surface area contributed by atoms with Crippen molar-refractivity contribution >= 4 is 40.6 Å². The number of furan rings is 1. The molecule has 0 bridgehead atoms. The van der Waals surface area contributed by atoms with Crippen molar-refractivity contribution in [2.24, 2.45) is 0 Å². The summed E-state index contributed by atoms with van der Waals surface area (Å²) in [5.41, 5.74) is 9.64. The van der Waals surface area contributed by atoms with Gasteiger partial charge in [0.15, 0.2) is 11.3 Å². The second-order valence-electron chi connectivity index (χ2n) is 9.61. The van der Waals surface area contributed by atoms with Crippen LogP contribution < -0.4 is 15.4 Å². The molecule has 10 heteroatoms. The van der Waals surface area contributed by atoms with Gasteiger partial charge in [-0.2, -0.15) is 0 Å². The highest BCUT2D eigenvalue weighted by molar-refractivity contribution is 6.08. The van der Waals surface area contributed by atoms with Crippen molar-refractivity contribution in [1.29, 1.82) is 0 Å². The fraction of sp³-hybridized carbons (Fsp3) is 0.290. The highest BCUT2D eigenvalue weighted by atomic mass is 16.5. The van der Waals surface area contributed by atoms with E-state index in [9.17, 15) is 9.59 Å². The van der Waals surface area contributed by atoms with Crippen molar-refractivity contribution in [2.75, 3.05) is 50.6 Å². The summed E-state index contributed by atoms with van der Waals surface area (Å²) in [6, 6.07) is 12.7. The van der Waals surface area contributed by atoms with Crippen molar-refractivity contribution in [1.82, 2.24) is 14.9 Å². The quantitative estimate of drug-likeness (QED) is 0.308. The van der Waals surface area contributed by atoms with Crippen LogP contribution in [0, 0.1) is 0 Å². The van der Waals surface area contributed by atoms with Gasteiger partial charge in [0.2, 0.25) is 5.88 Å². The number of rotatable bonds is 8. The third-order valence-corrected chi connectivity index (χ3v) is 7.03. The molecule has 2 amide bonds. The van der Waals surface area contributed by atoms with Gasteiger partial charge in [-0.3, -0.25) is 19.5 Å². The Kier molecular flexibility index (Phi) is 8.30. The van der Waals surface area contributed by atoms with Gasteiger partial charge in [0.1, 0.15) is 5.82 Å². The number of nitrogens with two attached hydrogens (primary N) is 1. The second kappa shape index (κ2) is 12.2. The molecule has 0 unspecified atom stereocenters. The Morgan fingerprint density at radius 3 is 2.51 bits per heavy atom. The Morgan fingerprint density at radius 1 is 1.07 bits per heavy atom. The first kappa shape index (κ1) is 27.9. The summed E-state index contributed by atoms with van der Waals surface area (Å²) in [7, 11) is 1.57. The normalized spacial score (nSPS) is 13.8. The van der Waals surface area contributed by atoms with Gasteiger partial charge in [0.25, 0.3) is 11.8 Å². The van der Waals surface area contributed by atoms with Crippen LogP contribution in [0.4, 0.5) is 11.7 Å². The molecule has 212 valence electrons. The van der Waals surface area contributed by atoms with Gasteiger partial charge in [-0.25, -0.2) is 4.98 Å². The van der Waals surface area contributed by atoms with E-state index in [0.717, 1.165) is 16.5 Å². The fourth-order valence-corrected chi connectivity index (χ4v) is 4.77. The molecule has 0 aliphatic carbocycles. The van der Waals surface area contributed by atoms with E-state index in [1.54, 1.807) is 41.4 Å². The minimum absolute atomic E-state index is 0.0580. The maximum absolute atomic E-state index is 13.6. The summed E-state index contributed by atoms with van der Waals surface area (Å²) < 4.78 is 17.2. The lowest BCUT2D eigenvalue weighted by Gasteiger charge is -2.26. The average Bonchev–Trinajstić information content (AvgIpc) is 3.44. The standard InChI is InChI=1S/C31H33N5O5/c1-4-21(14-20-6-9-27(32)34-18-20)31(38)36(5-2)28-17-24-15-23(16-26(39-3)29(24)41-28)25-8-7-22(19-33-25)30(37)35-10-12-40-13-11-35/h6-9,14-19H,4-5,10-13H2,1-3H3,(H2,32,34)/b21-14+. The van der Waals surface area contributed by atoms with E-state index in [4.69, 9.17) is 19.6 Å². The highest BCUT2D eigenvalue weighted by Gasteiger charge is 2.23. The molecule has 0 saturated carbocycles. The molecule has 0 spiro atoms. The van der Waals surface area contributed by atoms with E-state index in [-0.39, 0.29) is 11.8 Å². The SMILES string of the molecule is CC/C(=C\c1ccc(N)nc1)C(=O)N(CC)c1cc2cc(-c3ccc(C(=O)N4CCOCC4)cn3)cc(OC)c2o1. The Labute approximate surface area is 238 Å². The minimum Gasteiger partial charge on any atom is -0.493 e. The maximum atomic E-state index is 13.6. The first-order valence-corrected chi connectivity index (χ1v) is 13.6. The molecule has 1 aliphatic heterocycles. The van der Waals surface area contributed by atoms with Gasteiger partial charge in [-0.1, -0.05) is 6.92 Å². The summed E-state index contributed by atoms with van der Waals surface area (Å²) in [6.07, 6.45) is 5.58. The molecular weight excluding hydrogens is 522 g/mol. The van der Waals surface area contributed by atoms with Crippen LogP contribution in [0.5, 0.6) is 5.75 Å². The second-order valence-corrected chi connectivity index (χ2v) is 9.61. The summed E-state index contributed by atoms with van der Waals surface area (Å²) in [4.78, 5) is 38.4. The zero-order valence-corrected chi connectivity index (χ0v) is 23.4. The number of fused-ring (bicyclic) bond motifs is 1. The average molecular weight is 556 g/mol. The minimum atomic E-state index is -0.160. The molecule has 1 fully saturated rings. The number of hydrogen-bond donors (Lipinski definition) is 1. The number of methoxy groups -OCH3 is 1. The van der Waals surface area contributed by atoms with Crippen molar-refractivity contribution in [3.8, 4) is 17.0 Å². The van der Waals surface area contributed by atoms with E-state index in [0.29, 0.717) is 79.1 Å². The summed E-state index contributed by atoms with van der Waals surface area (Å²) in [6.45, 7) is 6.47. The van der Waals surface area contributed by atoms with Gasteiger partial charge in [-0.05, 0) is 61.4 Å². The number of aromatic nitrogens is 2. The Balaban J connectivity index is 1.43. The summed E-state index contributed by atoms with van der Waals surface area (Å²) in [5.74, 6) is 1.13. The Bertz CT molecular complexity index is 1570. The van der Waals surface area contributed by atoms with Crippen LogP contribution >= 0.6 is 0 Å². The Hall–Kier alpha value is -4.70. The number of morpholine rings is 1. The van der Waals surface area contributed by atoms with Crippen molar-refractivity contribution in [3.63, 3.8) is 0 Å². The number of pyridine rings is 2. The number of nitrogens with zero attached hydrogens (tertiary/aromatic N) is 4. The number of nitrogen functional groups attached to an aromatic ring is 1. The van der Waals surface area contributed by atoms with Gasteiger partial charge in [0.05, 0.1) is 31.6 Å². The van der Waals surface area contributed by atoms with Crippen molar-refractivity contribution < 1.29 is 23.5 Å². The van der Waals surface area contributed by atoms with E-state index in [1.165, 1.54) is 0 Å². The molecule has 0 atom stereocenters. The molecule has 10 nitrogen and oxygen atoms in total. The Morgan fingerprint density at radius 2 is 1.88 bits per heavy atom. The first-order valence-electron chi connectivity index (χ1n) is 13.6. The third-order valence-electron chi connectivity index (χ3n) is 7.03. The zero-order chi connectivity index (χ0) is 28.9. The number of hydrogen-bond acceptors (Lipinski definition) is 8. The third kappa shape index (κ3) is 5.92. The van der Waals surface area contributed by atoms with Crippen LogP contribution in [0.15, 0.2) is 64.8 Å². The van der Waals surface area contributed by atoms with Gasteiger partial charge in [0, 0.05) is 54.6 Å². The fourth-order valence-electron chi connectivity index (χ4n) is 4.77. The van der Waals surface area contributed by atoms with E-state index in [2.05, 4.69) is 9.97 Å². The molecule has 1 aliphatic rings. The van der Waals surface area contributed by atoms with E-state index < -0.39 is 0 Å². The van der Waals surface area contributed by atoms with E-state index in [1.807, 2.05) is 50.3 Å². The molecule has 4 heterocycles. The summed E-state index contributed by atoms with van der Waals surface area (Å²) in [5, 5.41) is 0.764.